The van der Waals surface area contributed by atoms with Gasteiger partial charge in [0.05, 0.1) is 0 Å². The zero-order chi connectivity index (χ0) is 21.1. The number of benzene rings is 3. The fourth-order valence-electron chi connectivity index (χ4n) is 4.13. The zero-order valence-corrected chi connectivity index (χ0v) is 17.5. The van der Waals surface area contributed by atoms with Crippen molar-refractivity contribution in [2.75, 3.05) is 32.1 Å². The Labute approximate surface area is 177 Å². The first-order valence-corrected chi connectivity index (χ1v) is 10.4. The number of hydrogen-bond acceptors (Lipinski definition) is 2. The third kappa shape index (κ3) is 4.38. The van der Waals surface area contributed by atoms with E-state index in [2.05, 4.69) is 67.5 Å². The average Bonchev–Trinajstić information content (AvgIpc) is 2.79. The van der Waals surface area contributed by atoms with Gasteiger partial charge in [-0.1, -0.05) is 36.4 Å². The van der Waals surface area contributed by atoms with E-state index in [-0.39, 0.29) is 11.7 Å². The summed E-state index contributed by atoms with van der Waals surface area (Å²) in [6, 6.07) is 23.2. The Morgan fingerprint density at radius 2 is 1.53 bits per heavy atom. The molecule has 1 heterocycles. The van der Waals surface area contributed by atoms with Crippen LogP contribution in [-0.4, -0.2) is 38.0 Å². The van der Waals surface area contributed by atoms with E-state index >= 15 is 0 Å². The molecule has 3 nitrogen and oxygen atoms in total. The van der Waals surface area contributed by atoms with Crippen LogP contribution in [0.3, 0.4) is 0 Å². The van der Waals surface area contributed by atoms with Crippen LogP contribution in [0.2, 0.25) is 0 Å². The molecule has 0 aromatic heterocycles. The van der Waals surface area contributed by atoms with Crippen molar-refractivity contribution in [3.8, 4) is 11.1 Å². The first kappa shape index (κ1) is 20.1. The standard InChI is InChI=1S/C26H27FN2O/c1-28(2)25-8-4-7-23(18-25)22-6-3-5-21(17-22)19-13-15-29(16-14-19)26(30)20-9-11-24(27)12-10-20/h3-12,17-19H,13-16H2,1-2H3. The summed E-state index contributed by atoms with van der Waals surface area (Å²) in [5.74, 6) is 0.114. The number of halogens is 1. The number of nitrogens with zero attached hydrogens (tertiary/aromatic N) is 2. The monoisotopic (exact) mass is 402 g/mol. The van der Waals surface area contributed by atoms with E-state index in [9.17, 15) is 9.18 Å². The molecule has 0 saturated carbocycles. The van der Waals surface area contributed by atoms with Gasteiger partial charge in [-0.05, 0) is 71.8 Å². The molecule has 30 heavy (non-hydrogen) atoms. The summed E-state index contributed by atoms with van der Waals surface area (Å²) in [4.78, 5) is 16.7. The highest BCUT2D eigenvalue weighted by molar-refractivity contribution is 5.94. The van der Waals surface area contributed by atoms with Crippen LogP contribution in [0.4, 0.5) is 10.1 Å². The van der Waals surface area contributed by atoms with Gasteiger partial charge in [-0.25, -0.2) is 4.39 Å². The fourth-order valence-corrected chi connectivity index (χ4v) is 4.13. The molecule has 1 fully saturated rings. The highest BCUT2D eigenvalue weighted by Crippen LogP contribution is 2.32. The summed E-state index contributed by atoms with van der Waals surface area (Å²) in [6.07, 6.45) is 1.88. The van der Waals surface area contributed by atoms with Gasteiger partial charge in [0.1, 0.15) is 5.82 Å². The normalized spacial score (nSPS) is 14.6. The van der Waals surface area contributed by atoms with E-state index in [0.717, 1.165) is 25.9 Å². The van der Waals surface area contributed by atoms with Crippen molar-refractivity contribution in [1.29, 1.82) is 0 Å². The quantitative estimate of drug-likeness (QED) is 0.569. The summed E-state index contributed by atoms with van der Waals surface area (Å²) < 4.78 is 13.1. The Hall–Kier alpha value is -3.14. The van der Waals surface area contributed by atoms with Crippen LogP contribution in [0.1, 0.15) is 34.7 Å². The molecule has 154 valence electrons. The van der Waals surface area contributed by atoms with Gasteiger partial charge < -0.3 is 9.80 Å². The first-order valence-electron chi connectivity index (χ1n) is 10.4. The topological polar surface area (TPSA) is 23.6 Å². The molecule has 3 aromatic carbocycles. The second-order valence-electron chi connectivity index (χ2n) is 8.14. The number of amides is 1. The van der Waals surface area contributed by atoms with E-state index < -0.39 is 0 Å². The third-order valence-corrected chi connectivity index (χ3v) is 5.93. The summed E-state index contributed by atoms with van der Waals surface area (Å²) in [7, 11) is 4.10. The molecule has 1 amide bonds. The molecular formula is C26H27FN2O. The van der Waals surface area contributed by atoms with Gasteiger partial charge in [0.15, 0.2) is 0 Å². The minimum atomic E-state index is -0.318. The number of rotatable bonds is 4. The molecule has 4 heteroatoms. The summed E-state index contributed by atoms with van der Waals surface area (Å²) in [5.41, 5.74) is 5.51. The maximum absolute atomic E-state index is 13.1. The van der Waals surface area contributed by atoms with Crippen LogP contribution in [0.25, 0.3) is 11.1 Å². The zero-order valence-electron chi connectivity index (χ0n) is 17.5. The molecule has 0 spiro atoms. The van der Waals surface area contributed by atoms with E-state index in [1.807, 2.05) is 4.90 Å². The number of likely N-dealkylation sites (tertiary alicyclic amines) is 1. The van der Waals surface area contributed by atoms with Crippen LogP contribution in [0, 0.1) is 5.82 Å². The lowest BCUT2D eigenvalue weighted by molar-refractivity contribution is 0.0713. The predicted molar refractivity (Wildman–Crippen MR) is 120 cm³/mol. The molecule has 0 bridgehead atoms. The maximum atomic E-state index is 13.1. The van der Waals surface area contributed by atoms with E-state index in [4.69, 9.17) is 0 Å². The predicted octanol–water partition coefficient (Wildman–Crippen LogP) is 5.58. The van der Waals surface area contributed by atoms with Crippen LogP contribution >= 0.6 is 0 Å². The van der Waals surface area contributed by atoms with Crippen molar-refractivity contribution >= 4 is 11.6 Å². The molecule has 0 aliphatic carbocycles. The largest absolute Gasteiger partial charge is 0.378 e. The van der Waals surface area contributed by atoms with Gasteiger partial charge in [-0.3, -0.25) is 4.79 Å². The lowest BCUT2D eigenvalue weighted by Gasteiger charge is -2.32. The van der Waals surface area contributed by atoms with Crippen LogP contribution in [0.15, 0.2) is 72.8 Å². The molecule has 1 aliphatic rings. The van der Waals surface area contributed by atoms with Gasteiger partial charge in [0.25, 0.3) is 5.91 Å². The van der Waals surface area contributed by atoms with Crippen molar-refractivity contribution in [2.24, 2.45) is 0 Å². The number of carbonyl (C=O) groups is 1. The second-order valence-corrected chi connectivity index (χ2v) is 8.14. The van der Waals surface area contributed by atoms with Gasteiger partial charge in [0.2, 0.25) is 0 Å². The molecule has 1 aliphatic heterocycles. The summed E-state index contributed by atoms with van der Waals surface area (Å²) in [6.45, 7) is 1.45. The molecular weight excluding hydrogens is 375 g/mol. The smallest absolute Gasteiger partial charge is 0.253 e. The minimum Gasteiger partial charge on any atom is -0.378 e. The number of hydrogen-bond donors (Lipinski definition) is 0. The highest BCUT2D eigenvalue weighted by Gasteiger charge is 2.24. The summed E-state index contributed by atoms with van der Waals surface area (Å²) in [5, 5.41) is 0. The van der Waals surface area contributed by atoms with Crippen molar-refractivity contribution in [3.05, 3.63) is 89.7 Å². The Bertz CT molecular complexity index is 1020. The van der Waals surface area contributed by atoms with Gasteiger partial charge in [-0.2, -0.15) is 0 Å². The third-order valence-electron chi connectivity index (χ3n) is 5.93. The number of anilines is 1. The van der Waals surface area contributed by atoms with Gasteiger partial charge in [-0.15, -0.1) is 0 Å². The van der Waals surface area contributed by atoms with E-state index in [0.29, 0.717) is 11.5 Å². The number of piperidine rings is 1. The summed E-state index contributed by atoms with van der Waals surface area (Å²) >= 11 is 0. The van der Waals surface area contributed by atoms with Gasteiger partial charge >= 0.3 is 0 Å². The lowest BCUT2D eigenvalue weighted by Crippen LogP contribution is -2.37. The van der Waals surface area contributed by atoms with Gasteiger partial charge in [0, 0.05) is 38.4 Å². The average molecular weight is 403 g/mol. The van der Waals surface area contributed by atoms with Crippen molar-refractivity contribution in [2.45, 2.75) is 18.8 Å². The van der Waals surface area contributed by atoms with E-state index in [1.54, 1.807) is 12.1 Å². The first-order chi connectivity index (χ1) is 14.5. The molecule has 3 aromatic rings. The van der Waals surface area contributed by atoms with E-state index in [1.165, 1.54) is 34.5 Å². The van der Waals surface area contributed by atoms with Crippen LogP contribution < -0.4 is 4.90 Å². The van der Waals surface area contributed by atoms with Crippen molar-refractivity contribution in [3.63, 3.8) is 0 Å². The highest BCUT2D eigenvalue weighted by atomic mass is 19.1. The van der Waals surface area contributed by atoms with Crippen molar-refractivity contribution in [1.82, 2.24) is 4.90 Å². The molecule has 4 rings (SSSR count). The Morgan fingerprint density at radius 3 is 2.20 bits per heavy atom. The molecule has 0 atom stereocenters. The fraction of sp³-hybridized carbons (Fsp3) is 0.269. The minimum absolute atomic E-state index is 0.0114. The van der Waals surface area contributed by atoms with Crippen LogP contribution in [-0.2, 0) is 0 Å². The Balaban J connectivity index is 1.45. The Kier molecular flexibility index (Phi) is 5.84. The van der Waals surface area contributed by atoms with Crippen LogP contribution in [0.5, 0.6) is 0 Å². The second kappa shape index (κ2) is 8.70. The molecule has 0 N–H and O–H groups in total. The molecule has 0 unspecified atom stereocenters. The number of carbonyl (C=O) groups excluding carboxylic acids is 1. The lowest BCUT2D eigenvalue weighted by atomic mass is 9.87. The Morgan fingerprint density at radius 1 is 0.900 bits per heavy atom. The molecule has 1 saturated heterocycles. The SMILES string of the molecule is CN(C)c1cccc(-c2cccc(C3CCN(C(=O)c4ccc(F)cc4)CC3)c2)c1. The maximum Gasteiger partial charge on any atom is 0.253 e. The molecule has 0 radical (unpaired) electrons. The van der Waals surface area contributed by atoms with Crippen molar-refractivity contribution < 1.29 is 9.18 Å².